The van der Waals surface area contributed by atoms with Crippen LogP contribution in [0.2, 0.25) is 0 Å². The number of nitrogens with zero attached hydrogens (tertiary/aromatic N) is 3. The van der Waals surface area contributed by atoms with Crippen LogP contribution in [0, 0.1) is 0 Å². The predicted molar refractivity (Wildman–Crippen MR) is 103 cm³/mol. The van der Waals surface area contributed by atoms with Crippen LogP contribution in [0.5, 0.6) is 5.75 Å². The summed E-state index contributed by atoms with van der Waals surface area (Å²) in [4.78, 5) is 28.0. The Morgan fingerprint density at radius 1 is 1.14 bits per heavy atom. The number of benzene rings is 2. The first-order valence-electron chi connectivity index (χ1n) is 8.26. The summed E-state index contributed by atoms with van der Waals surface area (Å²) in [5.74, 6) is -2.22. The summed E-state index contributed by atoms with van der Waals surface area (Å²) in [5.41, 5.74) is 0.0200. The summed E-state index contributed by atoms with van der Waals surface area (Å²) in [6.07, 6.45) is 1.27. The van der Waals surface area contributed by atoms with Crippen LogP contribution >= 0.6 is 11.8 Å². The Balaban J connectivity index is 1.77. The molecule has 0 spiro atoms. The van der Waals surface area contributed by atoms with Gasteiger partial charge < -0.3 is 15.5 Å². The van der Waals surface area contributed by atoms with E-state index in [4.69, 9.17) is 5.11 Å². The first-order valence-corrected chi connectivity index (χ1v) is 9.07. The molecule has 0 fully saturated rings. The Morgan fingerprint density at radius 2 is 1.93 bits per heavy atom. The number of hydrogen-bond donors (Lipinski definition) is 3. The second-order valence-electron chi connectivity index (χ2n) is 5.89. The van der Waals surface area contributed by atoms with E-state index in [0.29, 0.717) is 5.03 Å². The number of pyridine rings is 1. The quantitative estimate of drug-likeness (QED) is 0.476. The Hall–Kier alpha value is -3.59. The van der Waals surface area contributed by atoms with Gasteiger partial charge in [0, 0.05) is 11.0 Å². The van der Waals surface area contributed by atoms with Gasteiger partial charge in [0.25, 0.3) is 5.91 Å². The third-order valence-electron chi connectivity index (χ3n) is 4.09. The van der Waals surface area contributed by atoms with Crippen molar-refractivity contribution < 1.29 is 19.8 Å². The third kappa shape index (κ3) is 3.23. The maximum Gasteiger partial charge on any atom is 0.322 e. The molecule has 2 aromatic carbocycles. The SMILES string of the molecule is O=C(O)CNC(=O)c1c(O)cc(Sc2cccc3ccccc23)n2ncnc12. The highest BCUT2D eigenvalue weighted by molar-refractivity contribution is 7.99. The van der Waals surface area contributed by atoms with Gasteiger partial charge in [0.15, 0.2) is 5.65 Å². The van der Waals surface area contributed by atoms with Gasteiger partial charge >= 0.3 is 5.97 Å². The molecule has 8 nitrogen and oxygen atoms in total. The van der Waals surface area contributed by atoms with Gasteiger partial charge in [-0.15, -0.1) is 0 Å². The highest BCUT2D eigenvalue weighted by atomic mass is 32.2. The lowest BCUT2D eigenvalue weighted by atomic mass is 10.1. The minimum Gasteiger partial charge on any atom is -0.507 e. The molecule has 0 bridgehead atoms. The zero-order valence-electron chi connectivity index (χ0n) is 14.4. The molecule has 9 heteroatoms. The second kappa shape index (κ2) is 7.20. The standard InChI is InChI=1S/C19H14N4O4S/c24-13-8-15(28-14-7-3-5-11-4-1-2-6-12(11)14)23-18(21-10-22-23)17(13)19(27)20-9-16(25)26/h1-8,10,24H,9H2,(H,20,27)(H,25,26). The fourth-order valence-electron chi connectivity index (χ4n) is 2.87. The first-order chi connectivity index (χ1) is 13.5. The van der Waals surface area contributed by atoms with Gasteiger partial charge in [0.1, 0.15) is 29.2 Å². The van der Waals surface area contributed by atoms with E-state index in [9.17, 15) is 14.7 Å². The molecule has 4 aromatic rings. The van der Waals surface area contributed by atoms with E-state index in [-0.39, 0.29) is 17.0 Å². The van der Waals surface area contributed by atoms with Crippen molar-refractivity contribution in [1.29, 1.82) is 0 Å². The molecule has 0 saturated carbocycles. The van der Waals surface area contributed by atoms with Crippen molar-refractivity contribution in [3.05, 3.63) is 60.4 Å². The molecule has 4 rings (SSSR count). The van der Waals surface area contributed by atoms with Crippen LogP contribution < -0.4 is 5.32 Å². The fraction of sp³-hybridized carbons (Fsp3) is 0.0526. The number of aromatic nitrogens is 3. The zero-order chi connectivity index (χ0) is 19.7. The van der Waals surface area contributed by atoms with Crippen molar-refractivity contribution in [3.8, 4) is 5.75 Å². The minimum absolute atomic E-state index is 0.124. The number of hydrogen-bond acceptors (Lipinski definition) is 6. The van der Waals surface area contributed by atoms with Crippen molar-refractivity contribution in [2.75, 3.05) is 6.54 Å². The van der Waals surface area contributed by atoms with E-state index in [1.807, 2.05) is 42.5 Å². The molecule has 140 valence electrons. The number of aromatic hydroxyl groups is 1. The third-order valence-corrected chi connectivity index (χ3v) is 5.16. The number of fused-ring (bicyclic) bond motifs is 2. The maximum atomic E-state index is 12.3. The van der Waals surface area contributed by atoms with Crippen LogP contribution in [0.3, 0.4) is 0 Å². The van der Waals surface area contributed by atoms with Crippen LogP contribution in [0.15, 0.2) is 64.8 Å². The fourth-order valence-corrected chi connectivity index (χ4v) is 3.93. The molecule has 3 N–H and O–H groups in total. The first kappa shape index (κ1) is 17.8. The number of carboxylic acid groups (broad SMARTS) is 1. The van der Waals surface area contributed by atoms with Crippen molar-refractivity contribution in [2.24, 2.45) is 0 Å². The molecule has 0 radical (unpaired) electrons. The molecule has 0 atom stereocenters. The van der Waals surface area contributed by atoms with E-state index in [1.54, 1.807) is 0 Å². The van der Waals surface area contributed by atoms with Gasteiger partial charge in [0.05, 0.1) is 0 Å². The van der Waals surface area contributed by atoms with Crippen molar-refractivity contribution in [2.45, 2.75) is 9.92 Å². The number of aliphatic carboxylic acids is 1. The van der Waals surface area contributed by atoms with E-state index in [0.717, 1.165) is 15.7 Å². The average Bonchev–Trinajstić information content (AvgIpc) is 3.16. The number of rotatable bonds is 5. The Morgan fingerprint density at radius 3 is 2.75 bits per heavy atom. The van der Waals surface area contributed by atoms with Crippen LogP contribution in [-0.2, 0) is 4.79 Å². The molecular weight excluding hydrogens is 380 g/mol. The Bertz CT molecular complexity index is 1220. The number of carbonyl (C=O) groups excluding carboxylic acids is 1. The summed E-state index contributed by atoms with van der Waals surface area (Å²) in [6.45, 7) is -0.564. The smallest absolute Gasteiger partial charge is 0.322 e. The molecule has 0 aliphatic carbocycles. The summed E-state index contributed by atoms with van der Waals surface area (Å²) >= 11 is 1.38. The van der Waals surface area contributed by atoms with Gasteiger partial charge in [-0.05, 0) is 16.8 Å². The monoisotopic (exact) mass is 394 g/mol. The van der Waals surface area contributed by atoms with Crippen LogP contribution in [0.25, 0.3) is 16.4 Å². The summed E-state index contributed by atoms with van der Waals surface area (Å²) < 4.78 is 1.45. The molecule has 2 heterocycles. The lowest BCUT2D eigenvalue weighted by Crippen LogP contribution is -2.29. The molecule has 0 unspecified atom stereocenters. The van der Waals surface area contributed by atoms with Crippen molar-refractivity contribution in [1.82, 2.24) is 19.9 Å². The van der Waals surface area contributed by atoms with Crippen molar-refractivity contribution >= 4 is 40.1 Å². The average molecular weight is 394 g/mol. The lowest BCUT2D eigenvalue weighted by molar-refractivity contribution is -0.135. The summed E-state index contributed by atoms with van der Waals surface area (Å²) in [7, 11) is 0. The van der Waals surface area contributed by atoms with Crippen LogP contribution in [-0.4, -0.2) is 43.2 Å². The van der Waals surface area contributed by atoms with E-state index in [2.05, 4.69) is 15.4 Å². The minimum atomic E-state index is -1.19. The van der Waals surface area contributed by atoms with E-state index >= 15 is 0 Å². The van der Waals surface area contributed by atoms with Gasteiger partial charge in [-0.3, -0.25) is 9.59 Å². The summed E-state index contributed by atoms with van der Waals surface area (Å²) in [6, 6.07) is 15.3. The largest absolute Gasteiger partial charge is 0.507 e. The number of nitrogens with one attached hydrogen (secondary N) is 1. The lowest BCUT2D eigenvalue weighted by Gasteiger charge is -2.11. The highest BCUT2D eigenvalue weighted by Gasteiger charge is 2.21. The summed E-state index contributed by atoms with van der Waals surface area (Å²) in [5, 5.41) is 28.2. The molecule has 28 heavy (non-hydrogen) atoms. The molecule has 0 saturated heterocycles. The van der Waals surface area contributed by atoms with Crippen LogP contribution in [0.4, 0.5) is 0 Å². The molecule has 1 amide bonds. The van der Waals surface area contributed by atoms with Crippen LogP contribution in [0.1, 0.15) is 10.4 Å². The topological polar surface area (TPSA) is 117 Å². The molecule has 2 aromatic heterocycles. The second-order valence-corrected chi connectivity index (χ2v) is 6.96. The molecular formula is C19H14N4O4S. The molecule has 0 aliphatic rings. The van der Waals surface area contributed by atoms with Gasteiger partial charge in [-0.2, -0.15) is 5.10 Å². The maximum absolute atomic E-state index is 12.3. The molecule has 0 aliphatic heterocycles. The Kier molecular flexibility index (Phi) is 4.58. The van der Waals surface area contributed by atoms with Crippen molar-refractivity contribution in [3.63, 3.8) is 0 Å². The van der Waals surface area contributed by atoms with E-state index < -0.39 is 18.4 Å². The Labute approximate surface area is 162 Å². The number of carbonyl (C=O) groups is 2. The highest BCUT2D eigenvalue weighted by Crippen LogP contribution is 2.36. The normalized spacial score (nSPS) is 11.0. The predicted octanol–water partition coefficient (Wildman–Crippen LogP) is 2.55. The number of amides is 1. The number of carboxylic acids is 1. The van der Waals surface area contributed by atoms with Gasteiger partial charge in [0.2, 0.25) is 0 Å². The van der Waals surface area contributed by atoms with Gasteiger partial charge in [-0.25, -0.2) is 9.50 Å². The van der Waals surface area contributed by atoms with E-state index in [1.165, 1.54) is 28.7 Å². The zero-order valence-corrected chi connectivity index (χ0v) is 15.2. The van der Waals surface area contributed by atoms with Gasteiger partial charge in [-0.1, -0.05) is 48.2 Å².